The van der Waals surface area contributed by atoms with Gasteiger partial charge in [0.25, 0.3) is 5.91 Å². The van der Waals surface area contributed by atoms with Crippen molar-refractivity contribution in [2.75, 3.05) is 14.2 Å². The summed E-state index contributed by atoms with van der Waals surface area (Å²) in [5, 5.41) is 2.57. The van der Waals surface area contributed by atoms with Crippen LogP contribution >= 0.6 is 0 Å². The fourth-order valence-electron chi connectivity index (χ4n) is 1.63. The van der Waals surface area contributed by atoms with Gasteiger partial charge in [0.2, 0.25) is 0 Å². The Labute approximate surface area is 93.1 Å². The van der Waals surface area contributed by atoms with Crippen LogP contribution in [0.1, 0.15) is 16.3 Å². The molecule has 0 saturated heterocycles. The highest BCUT2D eigenvalue weighted by Gasteiger charge is 2.14. The van der Waals surface area contributed by atoms with E-state index < -0.39 is 0 Å². The van der Waals surface area contributed by atoms with Crippen molar-refractivity contribution >= 4 is 11.4 Å². The van der Waals surface area contributed by atoms with Gasteiger partial charge in [-0.2, -0.15) is 0 Å². The van der Waals surface area contributed by atoms with Crippen molar-refractivity contribution in [3.63, 3.8) is 0 Å². The summed E-state index contributed by atoms with van der Waals surface area (Å²) in [5.41, 5.74) is 1.16. The molecule has 1 N–H and O–H groups in total. The quantitative estimate of drug-likeness (QED) is 0.820. The summed E-state index contributed by atoms with van der Waals surface area (Å²) in [4.78, 5) is 15.8. The number of nitrogens with zero attached hydrogens (tertiary/aromatic N) is 2. The molecular formula is C11H13N3O2. The Morgan fingerprint density at radius 2 is 2.31 bits per heavy atom. The van der Waals surface area contributed by atoms with E-state index in [1.165, 1.54) is 0 Å². The molecule has 0 aliphatic heterocycles. The number of rotatable bonds is 2. The van der Waals surface area contributed by atoms with E-state index in [-0.39, 0.29) is 5.91 Å². The molecule has 0 unspecified atom stereocenters. The van der Waals surface area contributed by atoms with E-state index in [1.54, 1.807) is 20.2 Å². The highest BCUT2D eigenvalue weighted by Crippen LogP contribution is 2.19. The standard InChI is InChI=1S/C11H13N3O2/c1-7-13-10(11(15)12-2)9-6-8(16-3)4-5-14(7)9/h4-6H,1-3H3,(H,12,15). The summed E-state index contributed by atoms with van der Waals surface area (Å²) in [5.74, 6) is 1.28. The maximum atomic E-state index is 11.6. The second kappa shape index (κ2) is 3.84. The van der Waals surface area contributed by atoms with Crippen LogP contribution < -0.4 is 10.1 Å². The summed E-state index contributed by atoms with van der Waals surface area (Å²) < 4.78 is 6.98. The molecule has 0 bridgehead atoms. The summed E-state index contributed by atoms with van der Waals surface area (Å²) in [7, 11) is 3.18. The molecule has 0 radical (unpaired) electrons. The van der Waals surface area contributed by atoms with Crippen LogP contribution in [0.15, 0.2) is 18.3 Å². The number of imidazole rings is 1. The highest BCUT2D eigenvalue weighted by molar-refractivity contribution is 5.99. The number of hydrogen-bond donors (Lipinski definition) is 1. The normalized spacial score (nSPS) is 10.4. The monoisotopic (exact) mass is 219 g/mol. The van der Waals surface area contributed by atoms with Gasteiger partial charge in [-0.1, -0.05) is 0 Å². The van der Waals surface area contributed by atoms with Crippen LogP contribution in [0.25, 0.3) is 5.52 Å². The summed E-state index contributed by atoms with van der Waals surface area (Å²) in [6, 6.07) is 3.62. The molecule has 2 rings (SSSR count). The third kappa shape index (κ3) is 1.50. The molecule has 5 heteroatoms. The zero-order chi connectivity index (χ0) is 11.7. The lowest BCUT2D eigenvalue weighted by atomic mass is 10.3. The van der Waals surface area contributed by atoms with Crippen LogP contribution in [-0.2, 0) is 0 Å². The smallest absolute Gasteiger partial charge is 0.271 e. The summed E-state index contributed by atoms with van der Waals surface area (Å²) in [6.45, 7) is 1.85. The predicted molar refractivity (Wildman–Crippen MR) is 59.9 cm³/mol. The number of pyridine rings is 1. The fraction of sp³-hybridized carbons (Fsp3) is 0.273. The SMILES string of the molecule is CNC(=O)c1nc(C)n2ccc(OC)cc12. The number of fused-ring (bicyclic) bond motifs is 1. The molecule has 84 valence electrons. The van der Waals surface area contributed by atoms with Crippen LogP contribution in [0.4, 0.5) is 0 Å². The maximum Gasteiger partial charge on any atom is 0.271 e. The van der Waals surface area contributed by atoms with Crippen LogP contribution in [0.3, 0.4) is 0 Å². The minimum Gasteiger partial charge on any atom is -0.497 e. The number of aromatic nitrogens is 2. The Morgan fingerprint density at radius 3 is 2.94 bits per heavy atom. The van der Waals surface area contributed by atoms with E-state index in [4.69, 9.17) is 4.74 Å². The van der Waals surface area contributed by atoms with Gasteiger partial charge in [0.15, 0.2) is 5.69 Å². The van der Waals surface area contributed by atoms with E-state index in [1.807, 2.05) is 23.6 Å². The number of ether oxygens (including phenoxy) is 1. The van der Waals surface area contributed by atoms with Gasteiger partial charge in [0.1, 0.15) is 11.6 Å². The van der Waals surface area contributed by atoms with Gasteiger partial charge in [0, 0.05) is 19.3 Å². The van der Waals surface area contributed by atoms with Gasteiger partial charge in [-0.05, 0) is 13.0 Å². The first-order valence-electron chi connectivity index (χ1n) is 4.92. The second-order valence-electron chi connectivity index (χ2n) is 3.41. The Bertz CT molecular complexity index is 545. The Balaban J connectivity index is 2.70. The Morgan fingerprint density at radius 1 is 1.56 bits per heavy atom. The van der Waals surface area contributed by atoms with Crippen LogP contribution in [0, 0.1) is 6.92 Å². The number of aryl methyl sites for hydroxylation is 1. The lowest BCUT2D eigenvalue weighted by molar-refractivity contribution is 0.0960. The molecule has 0 aromatic carbocycles. The van der Waals surface area contributed by atoms with E-state index in [2.05, 4.69) is 10.3 Å². The molecule has 0 aliphatic carbocycles. The van der Waals surface area contributed by atoms with Crippen molar-refractivity contribution < 1.29 is 9.53 Å². The number of hydrogen-bond acceptors (Lipinski definition) is 3. The second-order valence-corrected chi connectivity index (χ2v) is 3.41. The molecule has 2 aromatic rings. The Hall–Kier alpha value is -2.04. The van der Waals surface area contributed by atoms with Crippen molar-refractivity contribution in [1.29, 1.82) is 0 Å². The van der Waals surface area contributed by atoms with Crippen LogP contribution in [0.5, 0.6) is 5.75 Å². The van der Waals surface area contributed by atoms with E-state index in [0.717, 1.165) is 11.3 Å². The first-order valence-corrected chi connectivity index (χ1v) is 4.92. The molecule has 1 amide bonds. The first-order chi connectivity index (χ1) is 7.67. The molecule has 16 heavy (non-hydrogen) atoms. The van der Waals surface area contributed by atoms with Gasteiger partial charge in [-0.3, -0.25) is 4.79 Å². The van der Waals surface area contributed by atoms with Gasteiger partial charge >= 0.3 is 0 Å². The largest absolute Gasteiger partial charge is 0.497 e. The average Bonchev–Trinajstić information content (AvgIpc) is 2.65. The zero-order valence-corrected chi connectivity index (χ0v) is 9.44. The lowest BCUT2D eigenvalue weighted by Crippen LogP contribution is -2.18. The van der Waals surface area contributed by atoms with Crippen LogP contribution in [-0.4, -0.2) is 29.4 Å². The molecule has 5 nitrogen and oxygen atoms in total. The Kier molecular flexibility index (Phi) is 2.52. The van der Waals surface area contributed by atoms with Crippen molar-refractivity contribution in [1.82, 2.24) is 14.7 Å². The lowest BCUT2D eigenvalue weighted by Gasteiger charge is -2.02. The van der Waals surface area contributed by atoms with E-state index in [0.29, 0.717) is 11.4 Å². The van der Waals surface area contributed by atoms with Gasteiger partial charge in [0.05, 0.1) is 12.6 Å². The summed E-state index contributed by atoms with van der Waals surface area (Å²) >= 11 is 0. The topological polar surface area (TPSA) is 55.6 Å². The third-order valence-corrected chi connectivity index (χ3v) is 2.47. The number of carbonyl (C=O) groups is 1. The van der Waals surface area contributed by atoms with Gasteiger partial charge in [-0.15, -0.1) is 0 Å². The van der Waals surface area contributed by atoms with Crippen molar-refractivity contribution in [2.24, 2.45) is 0 Å². The molecule has 0 spiro atoms. The van der Waals surface area contributed by atoms with E-state index in [9.17, 15) is 4.79 Å². The third-order valence-electron chi connectivity index (χ3n) is 2.47. The van der Waals surface area contributed by atoms with Crippen molar-refractivity contribution in [3.8, 4) is 5.75 Å². The number of carbonyl (C=O) groups excluding carboxylic acids is 1. The molecule has 0 atom stereocenters. The number of nitrogens with one attached hydrogen (secondary N) is 1. The van der Waals surface area contributed by atoms with Crippen molar-refractivity contribution in [2.45, 2.75) is 6.92 Å². The fourth-order valence-corrected chi connectivity index (χ4v) is 1.63. The highest BCUT2D eigenvalue weighted by atomic mass is 16.5. The minimum atomic E-state index is -0.196. The molecule has 0 fully saturated rings. The van der Waals surface area contributed by atoms with Gasteiger partial charge in [-0.25, -0.2) is 4.98 Å². The van der Waals surface area contributed by atoms with Crippen molar-refractivity contribution in [3.05, 3.63) is 29.8 Å². The van der Waals surface area contributed by atoms with Gasteiger partial charge < -0.3 is 14.5 Å². The van der Waals surface area contributed by atoms with E-state index >= 15 is 0 Å². The maximum absolute atomic E-state index is 11.6. The predicted octanol–water partition coefficient (Wildman–Crippen LogP) is 1.01. The molecule has 0 aliphatic rings. The molecular weight excluding hydrogens is 206 g/mol. The zero-order valence-electron chi connectivity index (χ0n) is 9.44. The molecule has 2 aromatic heterocycles. The first kappa shape index (κ1) is 10.5. The summed E-state index contributed by atoms with van der Waals surface area (Å²) in [6.07, 6.45) is 1.84. The van der Waals surface area contributed by atoms with Crippen LogP contribution in [0.2, 0.25) is 0 Å². The average molecular weight is 219 g/mol. The number of methoxy groups -OCH3 is 1. The molecule has 0 saturated carbocycles. The number of amides is 1. The molecule has 2 heterocycles. The minimum absolute atomic E-state index is 0.196.